The van der Waals surface area contributed by atoms with Crippen molar-refractivity contribution < 1.29 is 18.3 Å². The van der Waals surface area contributed by atoms with Crippen molar-refractivity contribution in [2.45, 2.75) is 18.4 Å². The molecule has 1 aromatic carbocycles. The summed E-state index contributed by atoms with van der Waals surface area (Å²) < 4.78 is 31.5. The number of aliphatic hydroxyl groups is 1. The first-order chi connectivity index (χ1) is 9.56. The van der Waals surface area contributed by atoms with E-state index in [0.717, 1.165) is 11.1 Å². The van der Waals surface area contributed by atoms with E-state index in [1.165, 1.54) is 4.31 Å². The number of ether oxygens (including phenoxy) is 1. The van der Waals surface area contributed by atoms with Crippen molar-refractivity contribution in [3.8, 4) is 0 Å². The number of aliphatic hydroxyl groups excluding tert-OH is 1. The predicted octanol–water partition coefficient (Wildman–Crippen LogP) is -0.332. The van der Waals surface area contributed by atoms with E-state index < -0.39 is 16.1 Å². The van der Waals surface area contributed by atoms with Gasteiger partial charge >= 0.3 is 0 Å². The number of morpholine rings is 1. The first kappa shape index (κ1) is 15.4. The van der Waals surface area contributed by atoms with Gasteiger partial charge in [-0.3, -0.25) is 0 Å². The van der Waals surface area contributed by atoms with E-state index in [9.17, 15) is 8.42 Å². The minimum absolute atomic E-state index is 0.0709. The second kappa shape index (κ2) is 6.64. The number of hydrogen-bond donors (Lipinski definition) is 2. The Kier molecular flexibility index (Phi) is 5.11. The van der Waals surface area contributed by atoms with Gasteiger partial charge in [-0.05, 0) is 11.1 Å². The normalized spacial score (nSPS) is 21.0. The summed E-state index contributed by atoms with van der Waals surface area (Å²) in [6, 6.07) is 7.26. The quantitative estimate of drug-likeness (QED) is 0.776. The van der Waals surface area contributed by atoms with Crippen LogP contribution in [0.2, 0.25) is 0 Å². The van der Waals surface area contributed by atoms with Gasteiger partial charge in [-0.1, -0.05) is 24.3 Å². The van der Waals surface area contributed by atoms with Crippen molar-refractivity contribution >= 4 is 10.0 Å². The highest BCUT2D eigenvalue weighted by Crippen LogP contribution is 2.17. The lowest BCUT2D eigenvalue weighted by molar-refractivity contribution is -0.0305. The van der Waals surface area contributed by atoms with Crippen molar-refractivity contribution in [2.24, 2.45) is 5.73 Å². The van der Waals surface area contributed by atoms with E-state index >= 15 is 0 Å². The average Bonchev–Trinajstić information content (AvgIpc) is 2.47. The zero-order valence-electron chi connectivity index (χ0n) is 11.2. The summed E-state index contributed by atoms with van der Waals surface area (Å²) in [4.78, 5) is 0. The molecule has 1 unspecified atom stereocenters. The molecule has 1 aromatic rings. The first-order valence-corrected chi connectivity index (χ1v) is 8.15. The molecule has 0 spiro atoms. The third-order valence-corrected chi connectivity index (χ3v) is 5.17. The summed E-state index contributed by atoms with van der Waals surface area (Å²) in [5, 5.41) is 9.08. The largest absolute Gasteiger partial charge is 0.394 e. The highest BCUT2D eigenvalue weighted by Gasteiger charge is 2.29. The summed E-state index contributed by atoms with van der Waals surface area (Å²) in [5.74, 6) is -0.0709. The highest BCUT2D eigenvalue weighted by atomic mass is 32.2. The van der Waals surface area contributed by atoms with Crippen LogP contribution in [0.15, 0.2) is 24.3 Å². The molecule has 112 valence electrons. The zero-order chi connectivity index (χ0) is 14.6. The van der Waals surface area contributed by atoms with Crippen LogP contribution < -0.4 is 5.73 Å². The Morgan fingerprint density at radius 1 is 1.35 bits per heavy atom. The molecule has 1 saturated heterocycles. The highest BCUT2D eigenvalue weighted by molar-refractivity contribution is 7.88. The van der Waals surface area contributed by atoms with Crippen LogP contribution in [-0.2, 0) is 27.1 Å². The summed E-state index contributed by atoms with van der Waals surface area (Å²) in [7, 11) is -3.43. The van der Waals surface area contributed by atoms with Crippen molar-refractivity contribution in [3.63, 3.8) is 0 Å². The Morgan fingerprint density at radius 2 is 2.05 bits per heavy atom. The molecule has 7 heteroatoms. The second-order valence-electron chi connectivity index (χ2n) is 4.76. The van der Waals surface area contributed by atoms with E-state index in [-0.39, 0.29) is 18.9 Å². The van der Waals surface area contributed by atoms with Crippen LogP contribution in [0.25, 0.3) is 0 Å². The standard InChI is InChI=1S/C13H20N2O4S/c14-7-11-3-1-2-4-12(11)10-20(17,18)15-5-6-19-13(8-15)9-16/h1-4,13,16H,5-10,14H2. The van der Waals surface area contributed by atoms with Gasteiger partial charge in [-0.2, -0.15) is 4.31 Å². The molecule has 1 atom stereocenters. The molecule has 0 bridgehead atoms. The number of nitrogens with zero attached hydrogens (tertiary/aromatic N) is 1. The molecule has 6 nitrogen and oxygen atoms in total. The Hall–Kier alpha value is -0.990. The smallest absolute Gasteiger partial charge is 0.218 e. The lowest BCUT2D eigenvalue weighted by atomic mass is 10.1. The first-order valence-electron chi connectivity index (χ1n) is 6.54. The van der Waals surface area contributed by atoms with E-state index in [0.29, 0.717) is 19.7 Å². The number of nitrogens with two attached hydrogens (primary N) is 1. The summed E-state index contributed by atoms with van der Waals surface area (Å²) in [6.45, 7) is 0.968. The molecule has 20 heavy (non-hydrogen) atoms. The van der Waals surface area contributed by atoms with Crippen molar-refractivity contribution in [2.75, 3.05) is 26.3 Å². The predicted molar refractivity (Wildman–Crippen MR) is 75.4 cm³/mol. The molecule has 2 rings (SSSR count). The summed E-state index contributed by atoms with van der Waals surface area (Å²) >= 11 is 0. The maximum atomic E-state index is 12.4. The SMILES string of the molecule is NCc1ccccc1CS(=O)(=O)N1CCOC(CO)C1. The molecule has 0 aliphatic carbocycles. The van der Waals surface area contributed by atoms with Crippen molar-refractivity contribution in [1.29, 1.82) is 0 Å². The molecule has 0 radical (unpaired) electrons. The lowest BCUT2D eigenvalue weighted by Gasteiger charge is -2.31. The fourth-order valence-electron chi connectivity index (χ4n) is 2.24. The number of rotatable bonds is 5. The van der Waals surface area contributed by atoms with E-state index in [4.69, 9.17) is 15.6 Å². The molecule has 0 saturated carbocycles. The minimum atomic E-state index is -3.43. The van der Waals surface area contributed by atoms with Gasteiger partial charge in [-0.25, -0.2) is 8.42 Å². The lowest BCUT2D eigenvalue weighted by Crippen LogP contribution is -2.47. The van der Waals surface area contributed by atoms with Crippen LogP contribution in [0.1, 0.15) is 11.1 Å². The summed E-state index contributed by atoms with van der Waals surface area (Å²) in [5.41, 5.74) is 7.19. The van der Waals surface area contributed by atoms with Gasteiger partial charge in [0.1, 0.15) is 0 Å². The third kappa shape index (κ3) is 3.56. The molecule has 0 amide bonds. The molecule has 1 aliphatic heterocycles. The van der Waals surface area contributed by atoms with Gasteiger partial charge in [0.2, 0.25) is 10.0 Å². The topological polar surface area (TPSA) is 92.9 Å². The summed E-state index contributed by atoms with van der Waals surface area (Å²) in [6.07, 6.45) is -0.441. The molecule has 3 N–H and O–H groups in total. The Bertz CT molecular complexity index is 547. The average molecular weight is 300 g/mol. The van der Waals surface area contributed by atoms with Crippen LogP contribution in [-0.4, -0.2) is 50.2 Å². The third-order valence-electron chi connectivity index (χ3n) is 3.37. The Morgan fingerprint density at radius 3 is 2.70 bits per heavy atom. The van der Waals surface area contributed by atoms with E-state index in [1.807, 2.05) is 12.1 Å². The van der Waals surface area contributed by atoms with Gasteiger partial charge in [0.25, 0.3) is 0 Å². The monoisotopic (exact) mass is 300 g/mol. The fraction of sp³-hybridized carbons (Fsp3) is 0.538. The maximum absolute atomic E-state index is 12.4. The molecule has 1 aliphatic rings. The number of hydrogen-bond acceptors (Lipinski definition) is 5. The van der Waals surface area contributed by atoms with Crippen LogP contribution in [0, 0.1) is 0 Å². The Labute approximate surface area is 119 Å². The zero-order valence-corrected chi connectivity index (χ0v) is 12.1. The fourth-order valence-corrected chi connectivity index (χ4v) is 3.84. The molecule has 1 fully saturated rings. The second-order valence-corrected chi connectivity index (χ2v) is 6.73. The van der Waals surface area contributed by atoms with Crippen molar-refractivity contribution in [1.82, 2.24) is 4.31 Å². The van der Waals surface area contributed by atoms with Crippen LogP contribution in [0.3, 0.4) is 0 Å². The number of sulfonamides is 1. The van der Waals surface area contributed by atoms with E-state index in [2.05, 4.69) is 0 Å². The van der Waals surface area contributed by atoms with Crippen LogP contribution >= 0.6 is 0 Å². The molecular weight excluding hydrogens is 280 g/mol. The van der Waals surface area contributed by atoms with Gasteiger partial charge in [0.05, 0.1) is 25.1 Å². The number of benzene rings is 1. The van der Waals surface area contributed by atoms with E-state index in [1.54, 1.807) is 12.1 Å². The Balaban J connectivity index is 2.14. The van der Waals surface area contributed by atoms with Gasteiger partial charge in [0.15, 0.2) is 0 Å². The van der Waals surface area contributed by atoms with Gasteiger partial charge in [-0.15, -0.1) is 0 Å². The molecule has 0 aromatic heterocycles. The van der Waals surface area contributed by atoms with Crippen molar-refractivity contribution in [3.05, 3.63) is 35.4 Å². The van der Waals surface area contributed by atoms with Crippen LogP contribution in [0.5, 0.6) is 0 Å². The molecule has 1 heterocycles. The maximum Gasteiger partial charge on any atom is 0.218 e. The van der Waals surface area contributed by atoms with Gasteiger partial charge < -0.3 is 15.6 Å². The molecular formula is C13H20N2O4S. The van der Waals surface area contributed by atoms with Crippen LogP contribution in [0.4, 0.5) is 0 Å². The van der Waals surface area contributed by atoms with Gasteiger partial charge in [0, 0.05) is 19.6 Å². The minimum Gasteiger partial charge on any atom is -0.394 e.